The molecule has 0 bridgehead atoms. The van der Waals surface area contributed by atoms with Crippen molar-refractivity contribution < 1.29 is 96.6 Å². The predicted octanol–water partition coefficient (Wildman–Crippen LogP) is 1.47. The zero-order valence-corrected chi connectivity index (χ0v) is 35.8. The molecule has 0 saturated carbocycles. The first-order valence-electron chi connectivity index (χ1n) is 18.4. The van der Waals surface area contributed by atoms with Crippen molar-refractivity contribution in [3.63, 3.8) is 0 Å². The van der Waals surface area contributed by atoms with E-state index in [9.17, 15) is 45.6 Å². The Hall–Kier alpha value is -5.04. The number of ether oxygens (including phenoxy) is 9. The van der Waals surface area contributed by atoms with Gasteiger partial charge in [-0.1, -0.05) is 35.4 Å². The Bertz CT molecular complexity index is 2140. The molecule has 2 saturated heterocycles. The molecule has 2 aromatic rings. The van der Waals surface area contributed by atoms with Crippen LogP contribution in [0.4, 0.5) is 0 Å². The van der Waals surface area contributed by atoms with E-state index in [1.165, 1.54) is 48.5 Å². The highest BCUT2D eigenvalue weighted by Crippen LogP contribution is 2.36. The van der Waals surface area contributed by atoms with Gasteiger partial charge in [0.1, 0.15) is 18.3 Å². The topological polar surface area (TPSA) is 272 Å². The minimum absolute atomic E-state index is 0.272. The Morgan fingerprint density at radius 2 is 0.754 bits per heavy atom. The fourth-order valence-electron chi connectivity index (χ4n) is 6.19. The Kier molecular flexibility index (Phi) is 16.5. The van der Waals surface area contributed by atoms with Crippen LogP contribution in [0.3, 0.4) is 0 Å². The molecule has 61 heavy (non-hydrogen) atoms. The van der Waals surface area contributed by atoms with E-state index in [-0.39, 0.29) is 9.79 Å². The summed E-state index contributed by atoms with van der Waals surface area (Å²) in [6.07, 6.45) is -18.6. The third kappa shape index (κ3) is 13.5. The van der Waals surface area contributed by atoms with Gasteiger partial charge in [-0.3, -0.25) is 37.1 Å². The molecule has 0 radical (unpaired) electrons. The van der Waals surface area contributed by atoms with E-state index in [1.807, 2.05) is 0 Å². The largest absolute Gasteiger partial charge is 0.456 e. The van der Waals surface area contributed by atoms with Crippen LogP contribution < -0.4 is 0 Å². The molecule has 2 fully saturated rings. The van der Waals surface area contributed by atoms with E-state index in [0.29, 0.717) is 0 Å². The van der Waals surface area contributed by atoms with Crippen LogP contribution in [0, 0.1) is 13.8 Å². The van der Waals surface area contributed by atoms with Gasteiger partial charge in [0.15, 0.2) is 30.7 Å². The van der Waals surface area contributed by atoms with Gasteiger partial charge in [-0.15, -0.1) is 0 Å². The van der Waals surface area contributed by atoms with Gasteiger partial charge in [0.2, 0.25) is 12.4 Å². The molecular formula is C38H46O21S2. The molecule has 0 aromatic heterocycles. The summed E-state index contributed by atoms with van der Waals surface area (Å²) in [5.74, 6) is -6.06. The third-order valence-corrected chi connectivity index (χ3v) is 11.3. The van der Waals surface area contributed by atoms with Crippen molar-refractivity contribution in [2.75, 3.05) is 13.2 Å². The molecule has 0 amide bonds. The van der Waals surface area contributed by atoms with Gasteiger partial charge in [0.25, 0.3) is 20.2 Å². The zero-order valence-electron chi connectivity index (χ0n) is 34.2. The molecule has 2 heterocycles. The summed E-state index contributed by atoms with van der Waals surface area (Å²) in [7, 11) is -9.14. The number of benzene rings is 2. The SMILES string of the molecule is CC(=O)O[C@@H]1O[C@H](COS(=O)(=O)c2ccc(C)cc2)[C@@H](O[C@@H]2O[C@H](COS(=O)(=O)c3ccc(C)cc3)[C@H](OC(C)=O)[C@H](OC(C)=O)[C@H]2OC(C)=O)[C@H](OC(C)=O)[C@H]1OC(C)=O. The lowest BCUT2D eigenvalue weighted by Crippen LogP contribution is -2.67. The smallest absolute Gasteiger partial charge is 0.305 e. The highest BCUT2D eigenvalue weighted by Gasteiger charge is 2.58. The van der Waals surface area contributed by atoms with E-state index in [1.54, 1.807) is 13.8 Å². The van der Waals surface area contributed by atoms with Crippen molar-refractivity contribution in [3.8, 4) is 0 Å². The molecule has 0 N–H and O–H groups in total. The van der Waals surface area contributed by atoms with Crippen molar-refractivity contribution in [2.24, 2.45) is 0 Å². The van der Waals surface area contributed by atoms with E-state index >= 15 is 0 Å². The lowest BCUT2D eigenvalue weighted by molar-refractivity contribution is -0.356. The molecule has 2 aromatic carbocycles. The van der Waals surface area contributed by atoms with Gasteiger partial charge in [0, 0.05) is 41.5 Å². The summed E-state index contributed by atoms with van der Waals surface area (Å²) in [6, 6.07) is 11.1. The molecule has 0 unspecified atom stereocenters. The number of hydrogen-bond donors (Lipinski definition) is 0. The maximum Gasteiger partial charge on any atom is 0.305 e. The Morgan fingerprint density at radius 3 is 1.15 bits per heavy atom. The van der Waals surface area contributed by atoms with Crippen LogP contribution >= 0.6 is 0 Å². The normalized spacial score (nSPS) is 26.6. The average Bonchev–Trinajstić information content (AvgIpc) is 3.14. The summed E-state index contributed by atoms with van der Waals surface area (Å²) in [5, 5.41) is 0. The van der Waals surface area contributed by atoms with Crippen molar-refractivity contribution in [1.29, 1.82) is 0 Å². The zero-order chi connectivity index (χ0) is 45.4. The first kappa shape index (κ1) is 48.6. The Morgan fingerprint density at radius 1 is 0.443 bits per heavy atom. The number of aryl methyl sites for hydroxylation is 2. The molecule has 0 spiro atoms. The molecule has 2 aliphatic heterocycles. The maximum atomic E-state index is 13.4. The van der Waals surface area contributed by atoms with Crippen molar-refractivity contribution in [3.05, 3.63) is 59.7 Å². The van der Waals surface area contributed by atoms with E-state index in [2.05, 4.69) is 0 Å². The molecule has 23 heteroatoms. The van der Waals surface area contributed by atoms with Crippen LogP contribution in [0.15, 0.2) is 58.3 Å². The highest BCUT2D eigenvalue weighted by molar-refractivity contribution is 7.87. The van der Waals surface area contributed by atoms with Gasteiger partial charge in [0.05, 0.1) is 23.0 Å². The van der Waals surface area contributed by atoms with E-state index in [4.69, 9.17) is 51.0 Å². The summed E-state index contributed by atoms with van der Waals surface area (Å²) >= 11 is 0. The van der Waals surface area contributed by atoms with Gasteiger partial charge in [-0.2, -0.15) is 16.8 Å². The van der Waals surface area contributed by atoms with Crippen LogP contribution in [-0.4, -0.2) is 127 Å². The van der Waals surface area contributed by atoms with Crippen LogP contribution in [0.5, 0.6) is 0 Å². The monoisotopic (exact) mass is 902 g/mol. The Labute approximate surface area is 351 Å². The van der Waals surface area contributed by atoms with Gasteiger partial charge >= 0.3 is 35.8 Å². The number of carbonyl (C=O) groups is 6. The fraction of sp³-hybridized carbons (Fsp3) is 0.526. The quantitative estimate of drug-likeness (QED) is 0.131. The van der Waals surface area contributed by atoms with Crippen molar-refractivity contribution in [1.82, 2.24) is 0 Å². The second-order valence-corrected chi connectivity index (χ2v) is 17.0. The minimum Gasteiger partial charge on any atom is -0.456 e. The number of rotatable bonds is 16. The number of hydrogen-bond acceptors (Lipinski definition) is 21. The predicted molar refractivity (Wildman–Crippen MR) is 200 cm³/mol. The molecule has 2 aliphatic rings. The third-order valence-electron chi connectivity index (χ3n) is 8.66. The van der Waals surface area contributed by atoms with E-state index < -0.39 is 131 Å². The van der Waals surface area contributed by atoms with Crippen LogP contribution in [0.25, 0.3) is 0 Å². The number of esters is 6. The Balaban J connectivity index is 1.86. The van der Waals surface area contributed by atoms with Gasteiger partial charge in [-0.25, -0.2) is 0 Å². The minimum atomic E-state index is -4.59. The molecule has 10 atom stereocenters. The second-order valence-electron chi connectivity index (χ2n) is 13.8. The van der Waals surface area contributed by atoms with E-state index in [0.717, 1.165) is 52.7 Å². The lowest BCUT2D eigenvalue weighted by atomic mass is 9.96. The lowest BCUT2D eigenvalue weighted by Gasteiger charge is -2.48. The summed E-state index contributed by atoms with van der Waals surface area (Å²) in [5.41, 5.74) is 1.46. The van der Waals surface area contributed by atoms with Crippen LogP contribution in [-0.2, 0) is 100 Å². The molecule has 336 valence electrons. The first-order chi connectivity index (χ1) is 28.5. The number of carbonyl (C=O) groups excluding carboxylic acids is 6. The second kappa shape index (κ2) is 20.7. The molecule has 4 rings (SSSR count). The maximum absolute atomic E-state index is 13.4. The standard InChI is InChI=1S/C38H46O21S2/c1-19-9-13-27(14-10-19)60(45,46)49-17-29-31(51-21(3)39)33(52-22(4)40)36(55-25(7)43)38(58-29)59-32-30(18-50-61(47,48)28-15-11-20(2)12-16-28)57-37(56-26(8)44)35(54-24(6)42)34(32)53-23(5)41/h9-16,29-38H,17-18H2,1-8H3/t29-,30-,31+,32-,33+,34+,35-,36-,37-,38+/m1/s1. The highest BCUT2D eigenvalue weighted by atomic mass is 32.2. The molecule has 21 nitrogen and oxygen atoms in total. The molecular weight excluding hydrogens is 857 g/mol. The summed E-state index contributed by atoms with van der Waals surface area (Å²) in [4.78, 5) is 74.4. The summed E-state index contributed by atoms with van der Waals surface area (Å²) < 4.78 is 115. The fourth-order valence-corrected chi connectivity index (χ4v) is 8.03. The first-order valence-corrected chi connectivity index (χ1v) is 21.2. The van der Waals surface area contributed by atoms with Crippen molar-refractivity contribution >= 4 is 56.1 Å². The average molecular weight is 903 g/mol. The van der Waals surface area contributed by atoms with Crippen LogP contribution in [0.1, 0.15) is 52.7 Å². The summed E-state index contributed by atoms with van der Waals surface area (Å²) in [6.45, 7) is 7.26. The van der Waals surface area contributed by atoms with Crippen LogP contribution in [0.2, 0.25) is 0 Å². The van der Waals surface area contributed by atoms with Gasteiger partial charge < -0.3 is 42.6 Å². The van der Waals surface area contributed by atoms with Gasteiger partial charge in [-0.05, 0) is 38.1 Å². The van der Waals surface area contributed by atoms with Crippen molar-refractivity contribution in [2.45, 2.75) is 127 Å². The molecule has 0 aliphatic carbocycles.